The number of rotatable bonds is 24. The van der Waals surface area contributed by atoms with Gasteiger partial charge in [-0.1, -0.05) is 119 Å². The molecule has 0 saturated carbocycles. The Morgan fingerprint density at radius 3 is 1.51 bits per heavy atom. The molecule has 0 spiro atoms. The van der Waals surface area contributed by atoms with E-state index in [1.165, 1.54) is 0 Å². The van der Waals surface area contributed by atoms with E-state index in [0.717, 1.165) is 49.7 Å². The van der Waals surface area contributed by atoms with E-state index >= 15 is 0 Å². The average Bonchev–Trinajstić information content (AvgIpc) is 3.17. The minimum atomic E-state index is -0.610. The number of allylic oxidation sites excluding steroid dienone is 2. The third kappa shape index (κ3) is 27.3. The van der Waals surface area contributed by atoms with Crippen LogP contribution in [0.15, 0.2) is 85.0 Å². The fraction of sp³-hybridized carbons (Fsp3) is 0.543. The Balaban J connectivity index is 0.000000587. The van der Waals surface area contributed by atoms with Gasteiger partial charge in [-0.3, -0.25) is 19.2 Å². The lowest BCUT2D eigenvalue weighted by Gasteiger charge is -2.23. The highest BCUT2D eigenvalue weighted by Gasteiger charge is 2.23. The van der Waals surface area contributed by atoms with Gasteiger partial charge in [0.25, 0.3) is 0 Å². The largest absolute Gasteiger partial charge is 0.461 e. The van der Waals surface area contributed by atoms with Gasteiger partial charge in [-0.25, -0.2) is 4.79 Å². The topological polar surface area (TPSA) is 149 Å². The van der Waals surface area contributed by atoms with Gasteiger partial charge in [-0.05, 0) is 82.8 Å². The lowest BCUT2D eigenvalue weighted by molar-refractivity contribution is -0.145. The summed E-state index contributed by atoms with van der Waals surface area (Å²) >= 11 is 0. The summed E-state index contributed by atoms with van der Waals surface area (Å²) in [5.74, 6) is -0.0546. The van der Waals surface area contributed by atoms with Crippen molar-refractivity contribution in [2.75, 3.05) is 13.1 Å². The average molecular weight is 792 g/mol. The molecule has 11 nitrogen and oxygen atoms in total. The molecule has 0 aliphatic carbocycles. The fourth-order valence-electron chi connectivity index (χ4n) is 4.97. The standard InChI is InChI=1S/C25H38N2O5.C21H31NO3/c1-5-14-21(27-24(30)32-25(2,3)4)23(29)26-18-13-8-6-7-12-17-22(28)31-19-20-15-10-9-11-16-20;1-17(2)18(3)21(24)22-15-11-6-4-5-10-14-20(23)25-16-19-12-8-7-9-13-19/h6,8-11,15-16,21H,5,7,12-14,17-19H2,1-4H3,(H,26,29)(H,27,30);4,6-9,12-13,17-18H,5,10-11,14-16H2,1-3H3,(H,22,24)/b8-6-;6-4-/t21-;18-/m00/s1. The number of unbranched alkanes of at least 4 members (excludes halogenated alkanes) is 2. The van der Waals surface area contributed by atoms with Crippen LogP contribution in [0.3, 0.4) is 0 Å². The molecule has 2 rings (SSSR count). The molecule has 0 saturated heterocycles. The molecule has 0 heterocycles. The van der Waals surface area contributed by atoms with Crippen LogP contribution in [0.25, 0.3) is 0 Å². The number of nitrogens with one attached hydrogen (secondary N) is 3. The van der Waals surface area contributed by atoms with Crippen LogP contribution in [0, 0.1) is 11.8 Å². The molecule has 2 aromatic carbocycles. The highest BCUT2D eigenvalue weighted by atomic mass is 16.6. The van der Waals surface area contributed by atoms with Crippen LogP contribution >= 0.6 is 0 Å². The molecule has 0 aliphatic rings. The number of carbonyl (C=O) groups excluding carboxylic acids is 5. The highest BCUT2D eigenvalue weighted by molar-refractivity contribution is 5.85. The van der Waals surface area contributed by atoms with E-state index in [2.05, 4.69) is 41.9 Å². The first-order chi connectivity index (χ1) is 27.2. The molecule has 0 fully saturated rings. The van der Waals surface area contributed by atoms with E-state index < -0.39 is 17.7 Å². The number of hydrogen-bond acceptors (Lipinski definition) is 8. The fourth-order valence-corrected chi connectivity index (χ4v) is 4.97. The van der Waals surface area contributed by atoms with Crippen LogP contribution in [-0.2, 0) is 46.6 Å². The molecule has 316 valence electrons. The summed E-state index contributed by atoms with van der Waals surface area (Å²) in [6, 6.07) is 18.7. The molecule has 0 bridgehead atoms. The van der Waals surface area contributed by atoms with Gasteiger partial charge in [0.05, 0.1) is 0 Å². The SMILES string of the molecule is CC(C)[C@H](C)C(=O)NCC/C=C\CCCC(=O)OCc1ccccc1.CCC[C@H](NC(=O)OC(C)(C)C)C(=O)NCC/C=C\CCCC(=O)OCc1ccccc1. The molecular formula is C46H69N3O8. The Labute approximate surface area is 341 Å². The summed E-state index contributed by atoms with van der Waals surface area (Å²) in [6.07, 6.45) is 14.2. The Morgan fingerprint density at radius 1 is 0.649 bits per heavy atom. The lowest BCUT2D eigenvalue weighted by Crippen LogP contribution is -2.48. The van der Waals surface area contributed by atoms with Gasteiger partial charge in [0.1, 0.15) is 24.9 Å². The summed E-state index contributed by atoms with van der Waals surface area (Å²) < 4.78 is 15.7. The molecule has 11 heteroatoms. The summed E-state index contributed by atoms with van der Waals surface area (Å²) in [5, 5.41) is 8.42. The van der Waals surface area contributed by atoms with Crippen LogP contribution < -0.4 is 16.0 Å². The second-order valence-electron chi connectivity index (χ2n) is 15.2. The summed E-state index contributed by atoms with van der Waals surface area (Å²) in [5.41, 5.74) is 1.37. The van der Waals surface area contributed by atoms with E-state index in [4.69, 9.17) is 14.2 Å². The maximum absolute atomic E-state index is 12.4. The highest BCUT2D eigenvalue weighted by Crippen LogP contribution is 2.10. The van der Waals surface area contributed by atoms with Crippen LogP contribution in [0.1, 0.15) is 124 Å². The first-order valence-electron chi connectivity index (χ1n) is 20.5. The normalized spacial score (nSPS) is 12.3. The predicted molar refractivity (Wildman–Crippen MR) is 226 cm³/mol. The van der Waals surface area contributed by atoms with Crippen molar-refractivity contribution in [2.45, 2.75) is 138 Å². The molecule has 0 unspecified atom stereocenters. The van der Waals surface area contributed by atoms with E-state index in [0.29, 0.717) is 57.9 Å². The van der Waals surface area contributed by atoms with Gasteiger partial charge >= 0.3 is 18.0 Å². The van der Waals surface area contributed by atoms with Gasteiger partial charge < -0.3 is 30.2 Å². The van der Waals surface area contributed by atoms with Crippen molar-refractivity contribution in [1.29, 1.82) is 0 Å². The van der Waals surface area contributed by atoms with Crippen molar-refractivity contribution in [3.63, 3.8) is 0 Å². The van der Waals surface area contributed by atoms with E-state index in [1.54, 1.807) is 20.8 Å². The molecule has 2 atom stereocenters. The number of esters is 2. The predicted octanol–water partition coefficient (Wildman–Crippen LogP) is 8.91. The van der Waals surface area contributed by atoms with Gasteiger partial charge in [0.2, 0.25) is 11.8 Å². The second kappa shape index (κ2) is 30.2. The molecule has 0 aromatic heterocycles. The van der Waals surface area contributed by atoms with E-state index in [-0.39, 0.29) is 29.7 Å². The molecule has 3 N–H and O–H groups in total. The molecule has 57 heavy (non-hydrogen) atoms. The third-order valence-electron chi connectivity index (χ3n) is 8.54. The molecule has 0 aliphatic heterocycles. The van der Waals surface area contributed by atoms with Gasteiger partial charge in [-0.15, -0.1) is 0 Å². The zero-order valence-electron chi connectivity index (χ0n) is 35.5. The zero-order chi connectivity index (χ0) is 42.3. The first-order valence-corrected chi connectivity index (χ1v) is 20.5. The minimum Gasteiger partial charge on any atom is -0.461 e. The van der Waals surface area contributed by atoms with Gasteiger partial charge in [-0.2, -0.15) is 0 Å². The van der Waals surface area contributed by atoms with Gasteiger partial charge in [0, 0.05) is 31.8 Å². The summed E-state index contributed by atoms with van der Waals surface area (Å²) in [7, 11) is 0. The number of carbonyl (C=O) groups is 5. The second-order valence-corrected chi connectivity index (χ2v) is 15.2. The Hall–Kier alpha value is -4.93. The molecule has 0 radical (unpaired) electrons. The first kappa shape index (κ1) is 50.1. The van der Waals surface area contributed by atoms with Crippen LogP contribution in [0.5, 0.6) is 0 Å². The molecular weight excluding hydrogens is 723 g/mol. The van der Waals surface area contributed by atoms with Crippen molar-refractivity contribution in [1.82, 2.24) is 16.0 Å². The number of hydrogen-bond donors (Lipinski definition) is 3. The van der Waals surface area contributed by atoms with Crippen LogP contribution in [0.2, 0.25) is 0 Å². The maximum atomic E-state index is 12.4. The Kier molecular flexibility index (Phi) is 26.6. The third-order valence-corrected chi connectivity index (χ3v) is 8.54. The Morgan fingerprint density at radius 2 is 1.09 bits per heavy atom. The van der Waals surface area contributed by atoms with E-state index in [9.17, 15) is 24.0 Å². The number of amides is 3. The van der Waals surface area contributed by atoms with Gasteiger partial charge in [0.15, 0.2) is 0 Å². The van der Waals surface area contributed by atoms with Crippen molar-refractivity contribution in [3.05, 3.63) is 96.1 Å². The Bertz CT molecular complexity index is 1490. The molecule has 3 amide bonds. The quantitative estimate of drug-likeness (QED) is 0.0413. The van der Waals surface area contributed by atoms with Crippen molar-refractivity contribution in [2.24, 2.45) is 11.8 Å². The lowest BCUT2D eigenvalue weighted by atomic mass is 9.97. The minimum absolute atomic E-state index is 0.0471. The molecule has 2 aromatic rings. The van der Waals surface area contributed by atoms with Crippen molar-refractivity contribution in [3.8, 4) is 0 Å². The smallest absolute Gasteiger partial charge is 0.408 e. The van der Waals surface area contributed by atoms with Crippen molar-refractivity contribution >= 4 is 29.8 Å². The summed E-state index contributed by atoms with van der Waals surface area (Å²) in [6.45, 7) is 15.1. The number of ether oxygens (including phenoxy) is 3. The number of alkyl carbamates (subject to hydrolysis) is 1. The monoisotopic (exact) mass is 792 g/mol. The summed E-state index contributed by atoms with van der Waals surface area (Å²) in [4.78, 5) is 59.5. The zero-order valence-corrected chi connectivity index (χ0v) is 35.5. The maximum Gasteiger partial charge on any atom is 0.408 e. The van der Waals surface area contributed by atoms with E-state index in [1.807, 2.05) is 86.7 Å². The van der Waals surface area contributed by atoms with Crippen molar-refractivity contribution < 1.29 is 38.2 Å². The number of benzene rings is 2. The van der Waals surface area contributed by atoms with Crippen LogP contribution in [-0.4, -0.2) is 54.6 Å². The van der Waals surface area contributed by atoms with Crippen LogP contribution in [0.4, 0.5) is 4.79 Å².